The number of hydrogen-bond acceptors (Lipinski definition) is 4. The number of carbonyl (C=O) groups excluding carboxylic acids is 2. The molecule has 2 aromatic carbocycles. The molecule has 0 aromatic heterocycles. The Morgan fingerprint density at radius 2 is 1.44 bits per heavy atom. The smallest absolute Gasteiger partial charge is 0.259 e. The molecule has 0 saturated carbocycles. The van der Waals surface area contributed by atoms with Crippen LogP contribution in [0.1, 0.15) is 18.1 Å². The van der Waals surface area contributed by atoms with E-state index in [0.717, 1.165) is 5.56 Å². The minimum atomic E-state index is -0.338. The number of rotatable bonds is 8. The first kappa shape index (κ1) is 20.4. The zero-order valence-corrected chi connectivity index (χ0v) is 16.2. The first-order valence-electron chi connectivity index (χ1n) is 8.94. The number of benzene rings is 2. The molecule has 27 heavy (non-hydrogen) atoms. The van der Waals surface area contributed by atoms with Crippen LogP contribution >= 0.6 is 0 Å². The number of amides is 1. The van der Waals surface area contributed by atoms with Gasteiger partial charge in [-0.1, -0.05) is 60.7 Å². The normalized spacial score (nSPS) is 11.9. The summed E-state index contributed by atoms with van der Waals surface area (Å²) < 4.78 is 0. The van der Waals surface area contributed by atoms with Gasteiger partial charge in [0.1, 0.15) is 5.57 Å². The molecule has 0 fully saturated rings. The van der Waals surface area contributed by atoms with Gasteiger partial charge in [0.05, 0.1) is 5.70 Å². The van der Waals surface area contributed by atoms with Crippen molar-refractivity contribution >= 4 is 17.4 Å². The second-order valence-electron chi connectivity index (χ2n) is 6.73. The van der Waals surface area contributed by atoms with E-state index in [0.29, 0.717) is 25.2 Å². The summed E-state index contributed by atoms with van der Waals surface area (Å²) in [7, 11) is 3.90. The van der Waals surface area contributed by atoms with E-state index < -0.39 is 0 Å². The Hall–Kier alpha value is -2.92. The third kappa shape index (κ3) is 5.79. The highest BCUT2D eigenvalue weighted by Crippen LogP contribution is 2.18. The van der Waals surface area contributed by atoms with Crippen LogP contribution in [-0.2, 0) is 16.1 Å². The molecule has 1 amide bonds. The minimum absolute atomic E-state index is 0.0379. The molecule has 142 valence electrons. The molecule has 0 spiro atoms. The summed E-state index contributed by atoms with van der Waals surface area (Å²) in [5.74, 6) is -0.668. The zero-order valence-electron chi connectivity index (χ0n) is 16.2. The number of nitrogens with two attached hydrogens (primary N) is 1. The van der Waals surface area contributed by atoms with Crippen molar-refractivity contribution in [3.05, 3.63) is 77.4 Å². The van der Waals surface area contributed by atoms with Crippen molar-refractivity contribution in [3.63, 3.8) is 0 Å². The van der Waals surface area contributed by atoms with Gasteiger partial charge in [0.2, 0.25) is 0 Å². The summed E-state index contributed by atoms with van der Waals surface area (Å²) in [6.45, 7) is 3.00. The summed E-state index contributed by atoms with van der Waals surface area (Å²) in [4.78, 5) is 29.3. The molecule has 2 aromatic rings. The predicted molar refractivity (Wildman–Crippen MR) is 109 cm³/mol. The lowest BCUT2D eigenvalue weighted by atomic mass is 10.0. The Morgan fingerprint density at radius 3 is 1.96 bits per heavy atom. The van der Waals surface area contributed by atoms with Crippen LogP contribution in [0.15, 0.2) is 66.2 Å². The molecule has 2 N–H and O–H groups in total. The van der Waals surface area contributed by atoms with E-state index in [9.17, 15) is 9.59 Å². The van der Waals surface area contributed by atoms with Gasteiger partial charge in [-0.15, -0.1) is 0 Å². The minimum Gasteiger partial charge on any atom is -0.397 e. The van der Waals surface area contributed by atoms with Gasteiger partial charge in [-0.3, -0.25) is 9.59 Å². The Bertz CT molecular complexity index is 799. The molecule has 0 atom stereocenters. The fourth-order valence-corrected chi connectivity index (χ4v) is 2.75. The Balaban J connectivity index is 2.38. The molecule has 0 aliphatic carbocycles. The summed E-state index contributed by atoms with van der Waals surface area (Å²) in [6, 6.07) is 18.9. The maximum atomic E-state index is 13.3. The average Bonchev–Trinajstić information content (AvgIpc) is 2.66. The molecular formula is C22H27N3O2. The number of carbonyl (C=O) groups is 2. The van der Waals surface area contributed by atoms with Gasteiger partial charge >= 0.3 is 0 Å². The van der Waals surface area contributed by atoms with Crippen LogP contribution in [0, 0.1) is 0 Å². The summed E-state index contributed by atoms with van der Waals surface area (Å²) in [5.41, 5.74) is 8.16. The first-order valence-corrected chi connectivity index (χ1v) is 8.94. The highest BCUT2D eigenvalue weighted by atomic mass is 16.2. The second-order valence-corrected chi connectivity index (χ2v) is 6.73. The number of hydrogen-bond donors (Lipinski definition) is 1. The van der Waals surface area contributed by atoms with E-state index in [1.807, 2.05) is 67.5 Å². The molecule has 0 aliphatic rings. The monoisotopic (exact) mass is 365 g/mol. The lowest BCUT2D eigenvalue weighted by Gasteiger charge is -2.26. The predicted octanol–water partition coefficient (Wildman–Crippen LogP) is 2.54. The van der Waals surface area contributed by atoms with Crippen molar-refractivity contribution in [2.75, 3.05) is 27.2 Å². The third-order valence-electron chi connectivity index (χ3n) is 4.24. The number of likely N-dealkylation sites (N-methyl/N-ethyl adjacent to an activating group) is 1. The van der Waals surface area contributed by atoms with Gasteiger partial charge in [0.15, 0.2) is 5.78 Å². The molecule has 0 heterocycles. The van der Waals surface area contributed by atoms with Gasteiger partial charge in [-0.2, -0.15) is 0 Å². The van der Waals surface area contributed by atoms with Crippen molar-refractivity contribution in [3.8, 4) is 0 Å². The Morgan fingerprint density at radius 1 is 0.889 bits per heavy atom. The maximum Gasteiger partial charge on any atom is 0.259 e. The van der Waals surface area contributed by atoms with Crippen LogP contribution < -0.4 is 5.73 Å². The van der Waals surface area contributed by atoms with Crippen LogP contribution in [0.25, 0.3) is 5.70 Å². The lowest BCUT2D eigenvalue weighted by Crippen LogP contribution is -2.39. The zero-order chi connectivity index (χ0) is 19.8. The van der Waals surface area contributed by atoms with Crippen LogP contribution in [0.4, 0.5) is 0 Å². The summed E-state index contributed by atoms with van der Waals surface area (Å²) >= 11 is 0. The van der Waals surface area contributed by atoms with Crippen LogP contribution in [0.5, 0.6) is 0 Å². The van der Waals surface area contributed by atoms with Crippen molar-refractivity contribution in [2.24, 2.45) is 5.73 Å². The van der Waals surface area contributed by atoms with Gasteiger partial charge in [0, 0.05) is 19.6 Å². The molecule has 0 aliphatic heterocycles. The highest BCUT2D eigenvalue weighted by molar-refractivity contribution is 6.23. The van der Waals surface area contributed by atoms with Crippen molar-refractivity contribution in [1.82, 2.24) is 9.80 Å². The van der Waals surface area contributed by atoms with Gasteiger partial charge in [-0.05, 0) is 32.1 Å². The van der Waals surface area contributed by atoms with Crippen molar-refractivity contribution < 1.29 is 9.59 Å². The lowest BCUT2D eigenvalue weighted by molar-refractivity contribution is -0.130. The Labute approximate surface area is 161 Å². The second kappa shape index (κ2) is 9.69. The molecule has 0 saturated heterocycles. The molecule has 0 radical (unpaired) electrons. The summed E-state index contributed by atoms with van der Waals surface area (Å²) in [6.07, 6.45) is 0. The van der Waals surface area contributed by atoms with Gasteiger partial charge in [0.25, 0.3) is 5.91 Å². The van der Waals surface area contributed by atoms with Gasteiger partial charge < -0.3 is 15.5 Å². The summed E-state index contributed by atoms with van der Waals surface area (Å²) in [5, 5.41) is 0. The molecular weight excluding hydrogens is 338 g/mol. The van der Waals surface area contributed by atoms with Crippen molar-refractivity contribution in [1.29, 1.82) is 0 Å². The fraction of sp³-hybridized carbons (Fsp3) is 0.273. The molecule has 0 unspecified atom stereocenters. The largest absolute Gasteiger partial charge is 0.397 e. The van der Waals surface area contributed by atoms with Gasteiger partial charge in [-0.25, -0.2) is 0 Å². The number of Topliss-reactive ketones (excluding diaryl/α,β-unsaturated/α-hetero) is 1. The highest BCUT2D eigenvalue weighted by Gasteiger charge is 2.25. The molecule has 2 rings (SSSR count). The van der Waals surface area contributed by atoms with Crippen LogP contribution in [0.2, 0.25) is 0 Å². The maximum absolute atomic E-state index is 13.3. The van der Waals surface area contributed by atoms with E-state index >= 15 is 0 Å². The molecule has 5 nitrogen and oxygen atoms in total. The van der Waals surface area contributed by atoms with E-state index in [1.165, 1.54) is 6.92 Å². The van der Waals surface area contributed by atoms with Crippen LogP contribution in [-0.4, -0.2) is 48.7 Å². The molecule has 0 bridgehead atoms. The SMILES string of the molecule is CC(=O)/C(C(=O)N(CCN(C)C)Cc1ccccc1)=C(/N)c1ccccc1. The van der Waals surface area contributed by atoms with E-state index in [-0.39, 0.29) is 23.0 Å². The Kier molecular flexibility index (Phi) is 7.32. The van der Waals surface area contributed by atoms with Crippen molar-refractivity contribution in [2.45, 2.75) is 13.5 Å². The average molecular weight is 365 g/mol. The fourth-order valence-electron chi connectivity index (χ4n) is 2.75. The number of nitrogens with zero attached hydrogens (tertiary/aromatic N) is 2. The van der Waals surface area contributed by atoms with E-state index in [2.05, 4.69) is 0 Å². The topological polar surface area (TPSA) is 66.6 Å². The molecule has 5 heteroatoms. The van der Waals surface area contributed by atoms with E-state index in [4.69, 9.17) is 5.73 Å². The van der Waals surface area contributed by atoms with Crippen LogP contribution in [0.3, 0.4) is 0 Å². The third-order valence-corrected chi connectivity index (χ3v) is 4.24. The standard InChI is InChI=1S/C22H27N3O2/c1-17(26)20(21(23)19-12-8-5-9-13-19)22(27)25(15-14-24(2)3)16-18-10-6-4-7-11-18/h4-13H,14-16,23H2,1-3H3/b21-20-. The van der Waals surface area contributed by atoms with E-state index in [1.54, 1.807) is 17.0 Å². The number of ketones is 1. The first-order chi connectivity index (χ1) is 12.9. The quantitative estimate of drug-likeness (QED) is 0.443.